The molecule has 3 atom stereocenters. The van der Waals surface area contributed by atoms with Crippen molar-refractivity contribution >= 4 is 19.7 Å². The van der Waals surface area contributed by atoms with Crippen molar-refractivity contribution in [2.75, 3.05) is 40.9 Å². The van der Waals surface area contributed by atoms with E-state index in [0.29, 0.717) is 23.9 Å². The summed E-state index contributed by atoms with van der Waals surface area (Å²) in [6, 6.07) is -0.848. The van der Waals surface area contributed by atoms with Gasteiger partial charge in [0.2, 0.25) is 5.91 Å². The lowest BCUT2D eigenvalue weighted by Crippen LogP contribution is -2.47. The van der Waals surface area contributed by atoms with Crippen LogP contribution >= 0.6 is 7.82 Å². The van der Waals surface area contributed by atoms with Crippen LogP contribution in [0.3, 0.4) is 0 Å². The average Bonchev–Trinajstić information content (AvgIpc) is 3.64. The van der Waals surface area contributed by atoms with Crippen molar-refractivity contribution in [1.29, 1.82) is 0 Å². The van der Waals surface area contributed by atoms with E-state index in [4.69, 9.17) is 13.8 Å². The molecular weight excluding hydrogens is 1120 g/mol. The molecule has 0 radical (unpaired) electrons. The molecule has 0 aromatic rings. The minimum absolute atomic E-state index is 0.0422. The smallest absolute Gasteiger partial charge is 0.456 e. The zero-order chi connectivity index (χ0) is 64.9. The van der Waals surface area contributed by atoms with Crippen LogP contribution in [0.25, 0.3) is 0 Å². The monoisotopic (exact) mass is 1270 g/mol. The standard InChI is InChI=1S/C79H151N2O7P/c1-7-10-13-16-19-22-25-27-29-31-33-35-37-39-40-42-43-45-47-49-51-53-56-59-62-65-68-71-78(82)80-76(75-87-89(84,85)86-74-73-81(4,5)6)77(70-67-64-61-58-55-24-21-18-15-12-9-3)88-79(83)72-69-66-63-60-57-54-52-50-48-46-44-41-38-36-34-32-30-28-26-23-20-17-14-11-8-2/h20,23,28,30,34,36,67,70,76-77H,7-19,21-22,24-27,29,31-33,35,37-66,68-69,71-75H2,1-6H3,(H-,80,82,84,85)/p+1/b23-20-,30-28-,36-34-,70-67+. The molecule has 0 rings (SSSR count). The molecule has 3 unspecified atom stereocenters. The predicted molar refractivity (Wildman–Crippen MR) is 388 cm³/mol. The molecule has 0 bridgehead atoms. The Morgan fingerprint density at radius 1 is 0.393 bits per heavy atom. The maximum absolute atomic E-state index is 13.6. The molecule has 0 aliphatic heterocycles. The molecular formula is C79H152N2O7P+. The van der Waals surface area contributed by atoms with Gasteiger partial charge in [0, 0.05) is 12.8 Å². The first-order chi connectivity index (χ1) is 43.4. The Morgan fingerprint density at radius 2 is 0.685 bits per heavy atom. The van der Waals surface area contributed by atoms with E-state index in [-0.39, 0.29) is 25.1 Å². The first-order valence-corrected chi connectivity index (χ1v) is 40.5. The van der Waals surface area contributed by atoms with Crippen molar-refractivity contribution in [2.24, 2.45) is 0 Å². The highest BCUT2D eigenvalue weighted by Gasteiger charge is 2.30. The summed E-state index contributed by atoms with van der Waals surface area (Å²) in [5, 5.41) is 3.08. The highest BCUT2D eigenvalue weighted by molar-refractivity contribution is 7.47. The number of likely N-dealkylation sites (N-methyl/N-ethyl adjacent to an activating group) is 1. The summed E-state index contributed by atoms with van der Waals surface area (Å²) in [5.41, 5.74) is 0. The number of phosphoric acid groups is 1. The molecule has 0 saturated carbocycles. The first-order valence-electron chi connectivity index (χ1n) is 39.0. The third-order valence-electron chi connectivity index (χ3n) is 17.8. The van der Waals surface area contributed by atoms with E-state index in [1.54, 1.807) is 0 Å². The fourth-order valence-electron chi connectivity index (χ4n) is 11.8. The first kappa shape index (κ1) is 87.0. The third kappa shape index (κ3) is 70.1. The highest BCUT2D eigenvalue weighted by atomic mass is 31.2. The Morgan fingerprint density at radius 3 is 1.04 bits per heavy atom. The summed E-state index contributed by atoms with van der Waals surface area (Å²) in [6.07, 6.45) is 88.6. The number of quaternary nitrogens is 1. The maximum atomic E-state index is 13.6. The van der Waals surface area contributed by atoms with Crippen LogP contribution in [0.1, 0.15) is 393 Å². The van der Waals surface area contributed by atoms with Crippen molar-refractivity contribution in [2.45, 2.75) is 405 Å². The number of carbonyl (C=O) groups is 2. The Bertz CT molecular complexity index is 1660. The molecule has 0 saturated heterocycles. The van der Waals surface area contributed by atoms with Gasteiger partial charge < -0.3 is 19.4 Å². The van der Waals surface area contributed by atoms with Gasteiger partial charge in [-0.1, -0.05) is 359 Å². The molecule has 1 amide bonds. The minimum atomic E-state index is -4.45. The van der Waals surface area contributed by atoms with Crippen molar-refractivity contribution in [3.8, 4) is 0 Å². The summed E-state index contributed by atoms with van der Waals surface area (Å²) >= 11 is 0. The highest BCUT2D eigenvalue weighted by Crippen LogP contribution is 2.43. The number of rotatable bonds is 72. The van der Waals surface area contributed by atoms with E-state index in [1.165, 1.54) is 289 Å². The van der Waals surface area contributed by atoms with Crippen LogP contribution in [-0.2, 0) is 27.9 Å². The summed E-state index contributed by atoms with van der Waals surface area (Å²) in [7, 11) is 1.51. The van der Waals surface area contributed by atoms with Gasteiger partial charge in [-0.2, -0.15) is 0 Å². The number of carbonyl (C=O) groups excluding carboxylic acids is 2. The zero-order valence-electron chi connectivity index (χ0n) is 60.2. The molecule has 0 fully saturated rings. The zero-order valence-corrected chi connectivity index (χ0v) is 61.1. The van der Waals surface area contributed by atoms with Gasteiger partial charge in [-0.15, -0.1) is 0 Å². The molecule has 0 aliphatic carbocycles. The van der Waals surface area contributed by atoms with Crippen molar-refractivity contribution in [3.63, 3.8) is 0 Å². The van der Waals surface area contributed by atoms with Crippen LogP contribution in [-0.4, -0.2) is 74.3 Å². The van der Waals surface area contributed by atoms with E-state index in [1.807, 2.05) is 33.3 Å². The van der Waals surface area contributed by atoms with Crippen molar-refractivity contribution < 1.29 is 37.3 Å². The molecule has 2 N–H and O–H groups in total. The van der Waals surface area contributed by atoms with Gasteiger partial charge in [0.15, 0.2) is 0 Å². The van der Waals surface area contributed by atoms with Gasteiger partial charge in [0.25, 0.3) is 0 Å². The molecule has 0 aromatic carbocycles. The van der Waals surface area contributed by atoms with Crippen LogP contribution < -0.4 is 5.32 Å². The number of hydrogen-bond acceptors (Lipinski definition) is 6. The average molecular weight is 1270 g/mol. The topological polar surface area (TPSA) is 111 Å². The number of nitrogens with one attached hydrogen (secondary N) is 1. The normalized spacial score (nSPS) is 13.7. The van der Waals surface area contributed by atoms with Gasteiger partial charge in [-0.3, -0.25) is 18.6 Å². The second-order valence-corrected chi connectivity index (χ2v) is 29.3. The number of allylic oxidation sites excluding steroid dienone is 7. The predicted octanol–water partition coefficient (Wildman–Crippen LogP) is 25.1. The second kappa shape index (κ2) is 68.8. The lowest BCUT2D eigenvalue weighted by atomic mass is 10.0. The van der Waals surface area contributed by atoms with Gasteiger partial charge >= 0.3 is 13.8 Å². The molecule has 0 aromatic heterocycles. The lowest BCUT2D eigenvalue weighted by molar-refractivity contribution is -0.870. The fraction of sp³-hybridized carbons (Fsp3) is 0.873. The Labute approximate surface area is 554 Å². The second-order valence-electron chi connectivity index (χ2n) is 27.9. The third-order valence-corrected chi connectivity index (χ3v) is 18.8. The van der Waals surface area contributed by atoms with E-state index >= 15 is 0 Å². The molecule has 0 aliphatic rings. The number of amides is 1. The summed E-state index contributed by atoms with van der Waals surface area (Å²) in [6.45, 7) is 7.05. The molecule has 89 heavy (non-hydrogen) atoms. The van der Waals surface area contributed by atoms with E-state index < -0.39 is 20.0 Å². The number of ether oxygens (including phenoxy) is 1. The minimum Gasteiger partial charge on any atom is -0.456 e. The number of esters is 1. The molecule has 9 nitrogen and oxygen atoms in total. The number of nitrogens with zero attached hydrogens (tertiary/aromatic N) is 1. The van der Waals surface area contributed by atoms with E-state index in [9.17, 15) is 19.0 Å². The SMILES string of the molecule is CCCCC/C=C\C/C=C\C/C=C\CCCCCCCCCCCCCCC(=O)OC(/C=C/CCCCCCCCCCC)C(COP(=O)(O)OCC[N+](C)(C)C)NC(=O)CCCCCCCCCCCCCCCCCCCCCCCCCCCCC. The molecule has 10 heteroatoms. The van der Waals surface area contributed by atoms with E-state index in [0.717, 1.165) is 70.6 Å². The summed E-state index contributed by atoms with van der Waals surface area (Å²) in [5.74, 6) is -0.487. The van der Waals surface area contributed by atoms with Gasteiger partial charge in [-0.25, -0.2) is 4.57 Å². The van der Waals surface area contributed by atoms with Crippen molar-refractivity contribution in [1.82, 2.24) is 5.32 Å². The largest absolute Gasteiger partial charge is 0.472 e. The Hall–Kier alpha value is -2.03. The van der Waals surface area contributed by atoms with Crippen LogP contribution in [0.4, 0.5) is 0 Å². The van der Waals surface area contributed by atoms with Crippen LogP contribution in [0.5, 0.6) is 0 Å². The van der Waals surface area contributed by atoms with Gasteiger partial charge in [0.05, 0.1) is 33.8 Å². The van der Waals surface area contributed by atoms with Gasteiger partial charge in [-0.05, 0) is 70.3 Å². The Balaban J connectivity index is 4.88. The summed E-state index contributed by atoms with van der Waals surface area (Å²) < 4.78 is 30.9. The maximum Gasteiger partial charge on any atom is 0.472 e. The number of unbranched alkanes of at least 4 members (excludes halogenated alkanes) is 50. The lowest BCUT2D eigenvalue weighted by Gasteiger charge is -2.27. The Kier molecular flexibility index (Phi) is 67.2. The molecule has 524 valence electrons. The molecule has 0 heterocycles. The number of hydrogen-bond donors (Lipinski definition) is 2. The number of phosphoric ester groups is 1. The van der Waals surface area contributed by atoms with Gasteiger partial charge in [0.1, 0.15) is 19.3 Å². The quantitative estimate of drug-likeness (QED) is 0.0205. The van der Waals surface area contributed by atoms with E-state index in [2.05, 4.69) is 62.5 Å². The van der Waals surface area contributed by atoms with Crippen LogP contribution in [0, 0.1) is 0 Å². The fourth-order valence-corrected chi connectivity index (χ4v) is 12.5. The summed E-state index contributed by atoms with van der Waals surface area (Å²) in [4.78, 5) is 38.0. The molecule has 0 spiro atoms. The van der Waals surface area contributed by atoms with Crippen LogP contribution in [0.15, 0.2) is 48.6 Å². The van der Waals surface area contributed by atoms with Crippen molar-refractivity contribution in [3.05, 3.63) is 48.6 Å². The van der Waals surface area contributed by atoms with Crippen LogP contribution in [0.2, 0.25) is 0 Å².